The summed E-state index contributed by atoms with van der Waals surface area (Å²) in [4.78, 5) is 0.472. The van der Waals surface area contributed by atoms with Crippen LogP contribution < -0.4 is 0 Å². The minimum Gasteiger partial charge on any atom is -0.373 e. The number of ether oxygens (including phenoxy) is 1. The second kappa shape index (κ2) is 5.72. The molecule has 1 saturated carbocycles. The molecule has 0 N–H and O–H groups in total. The van der Waals surface area contributed by atoms with Gasteiger partial charge in [-0.05, 0) is 19.8 Å². The van der Waals surface area contributed by atoms with Crippen LogP contribution in [0.5, 0.6) is 0 Å². The van der Waals surface area contributed by atoms with Gasteiger partial charge in [-0.25, -0.2) is 0 Å². The first-order valence-electron chi connectivity index (χ1n) is 5.05. The highest BCUT2D eigenvalue weighted by Gasteiger charge is 2.36. The van der Waals surface area contributed by atoms with Gasteiger partial charge in [-0.3, -0.25) is 0 Å². The molecule has 1 aliphatic carbocycles. The third-order valence-corrected chi connectivity index (χ3v) is 4.05. The second-order valence-electron chi connectivity index (χ2n) is 3.78. The van der Waals surface area contributed by atoms with E-state index in [0.29, 0.717) is 4.83 Å². The zero-order valence-corrected chi connectivity index (χ0v) is 11.4. The van der Waals surface area contributed by atoms with Crippen molar-refractivity contribution < 1.29 is 4.74 Å². The Bertz CT molecular complexity index is 142. The van der Waals surface area contributed by atoms with Gasteiger partial charge in [0.25, 0.3) is 0 Å². The van der Waals surface area contributed by atoms with E-state index in [2.05, 4.69) is 38.8 Å². The van der Waals surface area contributed by atoms with Crippen molar-refractivity contribution in [2.45, 2.75) is 49.5 Å². The summed E-state index contributed by atoms with van der Waals surface area (Å²) < 4.78 is 5.99. The standard InChI is InChI=1S/C10H18Br2O/c1-9(12)10(13-8-7-11)5-3-2-4-6-10/h9H,2-8H2,1H3. The highest BCUT2D eigenvalue weighted by Crippen LogP contribution is 2.37. The van der Waals surface area contributed by atoms with Crippen LogP contribution in [0.2, 0.25) is 0 Å². The molecule has 0 amide bonds. The van der Waals surface area contributed by atoms with Crippen molar-refractivity contribution in [3.05, 3.63) is 0 Å². The molecule has 1 rings (SSSR count). The Morgan fingerprint density at radius 3 is 2.38 bits per heavy atom. The van der Waals surface area contributed by atoms with Crippen molar-refractivity contribution in [1.82, 2.24) is 0 Å². The quantitative estimate of drug-likeness (QED) is 0.716. The maximum atomic E-state index is 5.99. The molecule has 0 saturated heterocycles. The lowest BCUT2D eigenvalue weighted by Crippen LogP contribution is -2.42. The predicted molar refractivity (Wildman–Crippen MR) is 64.0 cm³/mol. The van der Waals surface area contributed by atoms with Gasteiger partial charge in [0.05, 0.1) is 12.2 Å². The third-order valence-electron chi connectivity index (χ3n) is 2.89. The normalized spacial score (nSPS) is 24.2. The van der Waals surface area contributed by atoms with E-state index in [9.17, 15) is 0 Å². The number of hydrogen-bond donors (Lipinski definition) is 0. The largest absolute Gasteiger partial charge is 0.373 e. The minimum atomic E-state index is 0.117. The first-order chi connectivity index (χ1) is 6.21. The minimum absolute atomic E-state index is 0.117. The molecule has 0 radical (unpaired) electrons. The van der Waals surface area contributed by atoms with Gasteiger partial charge in [-0.15, -0.1) is 0 Å². The van der Waals surface area contributed by atoms with E-state index >= 15 is 0 Å². The van der Waals surface area contributed by atoms with Crippen molar-refractivity contribution in [3.8, 4) is 0 Å². The molecule has 0 heterocycles. The molecule has 1 atom stereocenters. The van der Waals surface area contributed by atoms with Crippen molar-refractivity contribution >= 4 is 31.9 Å². The zero-order valence-electron chi connectivity index (χ0n) is 8.19. The van der Waals surface area contributed by atoms with Crippen LogP contribution in [0.15, 0.2) is 0 Å². The van der Waals surface area contributed by atoms with E-state index in [0.717, 1.165) is 11.9 Å². The van der Waals surface area contributed by atoms with Gasteiger partial charge in [-0.2, -0.15) is 0 Å². The molecular weight excluding hydrogens is 296 g/mol. The maximum Gasteiger partial charge on any atom is 0.0804 e. The lowest BCUT2D eigenvalue weighted by atomic mass is 9.82. The van der Waals surface area contributed by atoms with Gasteiger partial charge in [-0.1, -0.05) is 51.1 Å². The molecule has 0 aromatic carbocycles. The van der Waals surface area contributed by atoms with E-state index in [4.69, 9.17) is 4.74 Å². The fourth-order valence-electron chi connectivity index (χ4n) is 2.05. The van der Waals surface area contributed by atoms with Crippen LogP contribution >= 0.6 is 31.9 Å². The van der Waals surface area contributed by atoms with Crippen molar-refractivity contribution in [3.63, 3.8) is 0 Å². The Morgan fingerprint density at radius 2 is 1.92 bits per heavy atom. The summed E-state index contributed by atoms with van der Waals surface area (Å²) in [6, 6.07) is 0. The Labute approximate surface area is 97.9 Å². The molecule has 0 aromatic heterocycles. The average Bonchev–Trinajstić information content (AvgIpc) is 2.16. The first kappa shape index (κ1) is 12.0. The van der Waals surface area contributed by atoms with E-state index < -0.39 is 0 Å². The zero-order chi connectivity index (χ0) is 9.73. The van der Waals surface area contributed by atoms with E-state index in [1.54, 1.807) is 0 Å². The Kier molecular flexibility index (Phi) is 5.27. The van der Waals surface area contributed by atoms with Gasteiger partial charge in [0.2, 0.25) is 0 Å². The smallest absolute Gasteiger partial charge is 0.0804 e. The predicted octanol–water partition coefficient (Wildman–Crippen LogP) is 3.88. The Morgan fingerprint density at radius 1 is 1.31 bits per heavy atom. The van der Waals surface area contributed by atoms with Gasteiger partial charge in [0.15, 0.2) is 0 Å². The van der Waals surface area contributed by atoms with E-state index in [1.165, 1.54) is 32.1 Å². The fourth-order valence-corrected chi connectivity index (χ4v) is 2.80. The average molecular weight is 314 g/mol. The van der Waals surface area contributed by atoms with Crippen molar-refractivity contribution in [2.24, 2.45) is 0 Å². The topological polar surface area (TPSA) is 9.23 Å². The molecule has 1 aliphatic rings. The molecule has 1 fully saturated rings. The van der Waals surface area contributed by atoms with E-state index in [1.807, 2.05) is 0 Å². The van der Waals surface area contributed by atoms with Gasteiger partial charge in [0, 0.05) is 10.2 Å². The summed E-state index contributed by atoms with van der Waals surface area (Å²) in [6.07, 6.45) is 6.44. The number of alkyl halides is 2. The lowest BCUT2D eigenvalue weighted by molar-refractivity contribution is -0.0598. The van der Waals surface area contributed by atoms with Crippen molar-refractivity contribution in [2.75, 3.05) is 11.9 Å². The van der Waals surface area contributed by atoms with Crippen LogP contribution in [-0.2, 0) is 4.74 Å². The van der Waals surface area contributed by atoms with Crippen LogP contribution in [0.25, 0.3) is 0 Å². The molecule has 78 valence electrons. The maximum absolute atomic E-state index is 5.99. The SMILES string of the molecule is CC(Br)C1(OCCBr)CCCCC1. The molecular formula is C10H18Br2O. The molecule has 0 aromatic rings. The summed E-state index contributed by atoms with van der Waals surface area (Å²) >= 11 is 7.09. The summed E-state index contributed by atoms with van der Waals surface area (Å²) in [6.45, 7) is 3.04. The Hall–Kier alpha value is 0.920. The van der Waals surface area contributed by atoms with Gasteiger partial charge in [0.1, 0.15) is 0 Å². The van der Waals surface area contributed by atoms with Crippen LogP contribution in [0, 0.1) is 0 Å². The molecule has 1 unspecified atom stereocenters. The highest BCUT2D eigenvalue weighted by atomic mass is 79.9. The van der Waals surface area contributed by atoms with E-state index in [-0.39, 0.29) is 5.60 Å². The molecule has 3 heteroatoms. The van der Waals surface area contributed by atoms with Gasteiger partial charge < -0.3 is 4.74 Å². The summed E-state index contributed by atoms with van der Waals surface area (Å²) in [7, 11) is 0. The molecule has 1 nitrogen and oxygen atoms in total. The van der Waals surface area contributed by atoms with Gasteiger partial charge >= 0.3 is 0 Å². The van der Waals surface area contributed by atoms with Crippen molar-refractivity contribution in [1.29, 1.82) is 0 Å². The first-order valence-corrected chi connectivity index (χ1v) is 7.09. The lowest BCUT2D eigenvalue weighted by Gasteiger charge is -2.39. The van der Waals surface area contributed by atoms with Crippen LogP contribution in [0.4, 0.5) is 0 Å². The Balaban J connectivity index is 2.51. The van der Waals surface area contributed by atoms with Crippen LogP contribution in [0.1, 0.15) is 39.0 Å². The number of rotatable bonds is 4. The highest BCUT2D eigenvalue weighted by molar-refractivity contribution is 9.09. The third kappa shape index (κ3) is 3.21. The summed E-state index contributed by atoms with van der Waals surface area (Å²) in [5, 5.41) is 0.939. The van der Waals surface area contributed by atoms with Crippen LogP contribution in [0.3, 0.4) is 0 Å². The number of hydrogen-bond acceptors (Lipinski definition) is 1. The summed E-state index contributed by atoms with van der Waals surface area (Å²) in [5.41, 5.74) is 0.117. The van der Waals surface area contributed by atoms with Crippen LogP contribution in [-0.4, -0.2) is 22.4 Å². The fraction of sp³-hybridized carbons (Fsp3) is 1.00. The molecule has 0 aliphatic heterocycles. The second-order valence-corrected chi connectivity index (χ2v) is 5.95. The number of halogens is 2. The molecule has 0 spiro atoms. The molecule has 13 heavy (non-hydrogen) atoms. The monoisotopic (exact) mass is 312 g/mol. The molecule has 0 bridgehead atoms. The summed E-state index contributed by atoms with van der Waals surface area (Å²) in [5.74, 6) is 0.